The van der Waals surface area contributed by atoms with Crippen LogP contribution >= 0.6 is 0 Å². The molecule has 6 nitrogen and oxygen atoms in total. The van der Waals surface area contributed by atoms with Crippen molar-refractivity contribution >= 4 is 16.8 Å². The lowest BCUT2D eigenvalue weighted by molar-refractivity contribution is 0.0780. The van der Waals surface area contributed by atoms with E-state index in [1.165, 1.54) is 17.0 Å². The van der Waals surface area contributed by atoms with E-state index >= 15 is 0 Å². The predicted octanol–water partition coefficient (Wildman–Crippen LogP) is 3.37. The summed E-state index contributed by atoms with van der Waals surface area (Å²) >= 11 is 0. The number of benzene rings is 2. The molecule has 0 aliphatic rings. The standard InChI is InChI=1S/C20H18FN5O/c1-25-8-7-22-18(25)12-26(2)20(27)14-9-13(10-15(21)11-14)19-16-5-3-4-6-17(16)23-24-19/h3-11H,12H2,1-2H3,(H,23,24). The van der Waals surface area contributed by atoms with Crippen molar-refractivity contribution < 1.29 is 9.18 Å². The van der Waals surface area contributed by atoms with Crippen molar-refractivity contribution in [2.45, 2.75) is 6.54 Å². The lowest BCUT2D eigenvalue weighted by atomic mass is 10.0. The van der Waals surface area contributed by atoms with Gasteiger partial charge in [-0.2, -0.15) is 5.10 Å². The number of amides is 1. The number of aromatic nitrogens is 4. The first-order chi connectivity index (χ1) is 13.0. The van der Waals surface area contributed by atoms with Crippen LogP contribution in [0.1, 0.15) is 16.2 Å². The summed E-state index contributed by atoms with van der Waals surface area (Å²) in [7, 11) is 3.54. The first-order valence-corrected chi connectivity index (χ1v) is 8.48. The molecule has 0 atom stereocenters. The monoisotopic (exact) mass is 363 g/mol. The molecule has 0 saturated heterocycles. The van der Waals surface area contributed by atoms with Crippen LogP contribution in [-0.4, -0.2) is 37.6 Å². The molecule has 2 heterocycles. The summed E-state index contributed by atoms with van der Waals surface area (Å²) < 4.78 is 16.1. The number of hydrogen-bond donors (Lipinski definition) is 1. The zero-order valence-corrected chi connectivity index (χ0v) is 15.0. The topological polar surface area (TPSA) is 66.8 Å². The fourth-order valence-electron chi connectivity index (χ4n) is 3.09. The Morgan fingerprint density at radius 1 is 1.26 bits per heavy atom. The summed E-state index contributed by atoms with van der Waals surface area (Å²) in [6.45, 7) is 0.333. The van der Waals surface area contributed by atoms with Crippen molar-refractivity contribution in [1.82, 2.24) is 24.6 Å². The van der Waals surface area contributed by atoms with Gasteiger partial charge < -0.3 is 9.47 Å². The van der Waals surface area contributed by atoms with E-state index in [1.807, 2.05) is 42.1 Å². The van der Waals surface area contributed by atoms with Gasteiger partial charge in [0, 0.05) is 43.0 Å². The smallest absolute Gasteiger partial charge is 0.254 e. The first-order valence-electron chi connectivity index (χ1n) is 8.48. The van der Waals surface area contributed by atoms with Crippen LogP contribution in [0, 0.1) is 5.82 Å². The third kappa shape index (κ3) is 3.19. The number of rotatable bonds is 4. The van der Waals surface area contributed by atoms with Crippen molar-refractivity contribution in [3.05, 3.63) is 72.1 Å². The fraction of sp³-hybridized carbons (Fsp3) is 0.150. The maximum atomic E-state index is 14.3. The first kappa shape index (κ1) is 17.0. The van der Waals surface area contributed by atoms with Crippen LogP contribution in [0.15, 0.2) is 54.9 Å². The second-order valence-corrected chi connectivity index (χ2v) is 6.46. The summed E-state index contributed by atoms with van der Waals surface area (Å²) in [6, 6.07) is 11.9. The van der Waals surface area contributed by atoms with Crippen LogP contribution in [0.3, 0.4) is 0 Å². The Morgan fingerprint density at radius 2 is 2.07 bits per heavy atom. The normalized spacial score (nSPS) is 11.1. The molecule has 4 rings (SSSR count). The largest absolute Gasteiger partial charge is 0.337 e. The molecule has 0 unspecified atom stereocenters. The Morgan fingerprint density at radius 3 is 2.85 bits per heavy atom. The van der Waals surface area contributed by atoms with E-state index in [4.69, 9.17) is 0 Å². The Hall–Kier alpha value is -3.48. The number of nitrogens with zero attached hydrogens (tertiary/aromatic N) is 4. The third-order valence-electron chi connectivity index (χ3n) is 4.53. The highest BCUT2D eigenvalue weighted by Crippen LogP contribution is 2.28. The fourth-order valence-corrected chi connectivity index (χ4v) is 3.09. The van der Waals surface area contributed by atoms with Crippen molar-refractivity contribution in [3.63, 3.8) is 0 Å². The molecular weight excluding hydrogens is 345 g/mol. The van der Waals surface area contributed by atoms with Crippen molar-refractivity contribution in [2.24, 2.45) is 7.05 Å². The molecule has 0 saturated carbocycles. The molecule has 0 spiro atoms. The van der Waals surface area contributed by atoms with Gasteiger partial charge in [-0.05, 0) is 24.3 Å². The van der Waals surface area contributed by atoms with Gasteiger partial charge in [0.25, 0.3) is 5.91 Å². The van der Waals surface area contributed by atoms with Crippen molar-refractivity contribution in [3.8, 4) is 11.3 Å². The van der Waals surface area contributed by atoms with Gasteiger partial charge in [-0.3, -0.25) is 9.89 Å². The number of H-pyrrole nitrogens is 1. The molecule has 0 aliphatic heterocycles. The Kier molecular flexibility index (Phi) is 4.19. The molecule has 1 amide bonds. The Balaban J connectivity index is 1.68. The maximum Gasteiger partial charge on any atom is 0.254 e. The van der Waals surface area contributed by atoms with E-state index in [9.17, 15) is 9.18 Å². The molecule has 0 fully saturated rings. The summed E-state index contributed by atoms with van der Waals surface area (Å²) in [5, 5.41) is 8.11. The number of halogens is 1. The van der Waals surface area contributed by atoms with Crippen molar-refractivity contribution in [1.29, 1.82) is 0 Å². The lowest BCUT2D eigenvalue weighted by Crippen LogP contribution is -2.27. The molecule has 4 aromatic rings. The molecule has 0 radical (unpaired) electrons. The lowest BCUT2D eigenvalue weighted by Gasteiger charge is -2.17. The number of fused-ring (bicyclic) bond motifs is 1. The van der Waals surface area contributed by atoms with E-state index in [0.717, 1.165) is 16.7 Å². The molecule has 0 bridgehead atoms. The van der Waals surface area contributed by atoms with Gasteiger partial charge in [-0.15, -0.1) is 0 Å². The number of imidazole rings is 1. The average molecular weight is 363 g/mol. The van der Waals surface area contributed by atoms with E-state index in [2.05, 4.69) is 15.2 Å². The summed E-state index contributed by atoms with van der Waals surface area (Å²) in [5.74, 6) is -0.00677. The van der Waals surface area contributed by atoms with Crippen LogP contribution in [0.4, 0.5) is 4.39 Å². The predicted molar refractivity (Wildman–Crippen MR) is 100 cm³/mol. The minimum absolute atomic E-state index is 0.272. The average Bonchev–Trinajstić information content (AvgIpc) is 3.27. The number of carbonyl (C=O) groups excluding carboxylic acids is 1. The van der Waals surface area contributed by atoms with Gasteiger partial charge in [0.1, 0.15) is 17.3 Å². The van der Waals surface area contributed by atoms with Crippen LogP contribution in [0.2, 0.25) is 0 Å². The second kappa shape index (κ2) is 6.68. The van der Waals surface area contributed by atoms with E-state index in [0.29, 0.717) is 17.8 Å². The van der Waals surface area contributed by atoms with Crippen molar-refractivity contribution in [2.75, 3.05) is 7.05 Å². The Bertz CT molecular complexity index is 1130. The molecule has 1 N–H and O–H groups in total. The van der Waals surface area contributed by atoms with Gasteiger partial charge in [0.2, 0.25) is 0 Å². The third-order valence-corrected chi connectivity index (χ3v) is 4.53. The second-order valence-electron chi connectivity index (χ2n) is 6.46. The van der Waals surface area contributed by atoms with Gasteiger partial charge in [0.05, 0.1) is 12.1 Å². The molecule has 27 heavy (non-hydrogen) atoms. The molecule has 0 aliphatic carbocycles. The summed E-state index contributed by atoms with van der Waals surface area (Å²) in [4.78, 5) is 18.6. The van der Waals surface area contributed by atoms with Gasteiger partial charge >= 0.3 is 0 Å². The number of para-hydroxylation sites is 1. The SMILES string of the molecule is CN(Cc1nccn1C)C(=O)c1cc(F)cc(-c2n[nH]c3ccccc23)c1. The maximum absolute atomic E-state index is 14.3. The molecule has 2 aromatic heterocycles. The summed E-state index contributed by atoms with van der Waals surface area (Å²) in [6.07, 6.45) is 3.49. The highest BCUT2D eigenvalue weighted by molar-refractivity contribution is 5.97. The summed E-state index contributed by atoms with van der Waals surface area (Å²) in [5.41, 5.74) is 2.30. The van der Waals surface area contributed by atoms with Crippen LogP contribution < -0.4 is 0 Å². The number of hydrogen-bond acceptors (Lipinski definition) is 3. The quantitative estimate of drug-likeness (QED) is 0.604. The highest BCUT2D eigenvalue weighted by atomic mass is 19.1. The highest BCUT2D eigenvalue weighted by Gasteiger charge is 2.17. The minimum atomic E-state index is -0.478. The molecule has 136 valence electrons. The molecule has 7 heteroatoms. The molecular formula is C20H18FN5O. The van der Waals surface area contributed by atoms with E-state index in [-0.39, 0.29) is 11.5 Å². The molecule has 2 aromatic carbocycles. The van der Waals surface area contributed by atoms with Gasteiger partial charge in [-0.25, -0.2) is 9.37 Å². The van der Waals surface area contributed by atoms with Gasteiger partial charge in [-0.1, -0.05) is 18.2 Å². The van der Waals surface area contributed by atoms with Gasteiger partial charge in [0.15, 0.2) is 0 Å². The number of aromatic amines is 1. The van der Waals surface area contributed by atoms with Crippen LogP contribution in [-0.2, 0) is 13.6 Å². The number of aryl methyl sites for hydroxylation is 1. The number of nitrogens with one attached hydrogen (secondary N) is 1. The minimum Gasteiger partial charge on any atom is -0.337 e. The van der Waals surface area contributed by atoms with Crippen LogP contribution in [0.25, 0.3) is 22.2 Å². The van der Waals surface area contributed by atoms with Crippen LogP contribution in [0.5, 0.6) is 0 Å². The Labute approximate surface area is 155 Å². The zero-order chi connectivity index (χ0) is 19.0. The van der Waals surface area contributed by atoms with E-state index < -0.39 is 5.82 Å². The number of carbonyl (C=O) groups is 1. The van der Waals surface area contributed by atoms with E-state index in [1.54, 1.807) is 19.3 Å². The zero-order valence-electron chi connectivity index (χ0n) is 15.0.